The van der Waals surface area contributed by atoms with Gasteiger partial charge in [-0.25, -0.2) is 0 Å². The van der Waals surface area contributed by atoms with Gasteiger partial charge in [-0.15, -0.1) is 0 Å². The maximum atomic E-state index is 11.5. The van der Waals surface area contributed by atoms with Crippen molar-refractivity contribution in [3.8, 4) is 0 Å². The summed E-state index contributed by atoms with van der Waals surface area (Å²) in [5.41, 5.74) is 2.39. The van der Waals surface area contributed by atoms with Crippen molar-refractivity contribution in [3.05, 3.63) is 22.4 Å². The van der Waals surface area contributed by atoms with Crippen LogP contribution >= 0.6 is 0 Å². The Labute approximate surface area is 85.2 Å². The molecule has 1 aromatic heterocycles. The Balaban J connectivity index is 2.07. The van der Waals surface area contributed by atoms with Crippen LogP contribution in [-0.2, 0) is 4.79 Å². The summed E-state index contributed by atoms with van der Waals surface area (Å²) in [4.78, 5) is 22.3. The van der Waals surface area contributed by atoms with E-state index in [1.54, 1.807) is 0 Å². The van der Waals surface area contributed by atoms with Gasteiger partial charge in [0.1, 0.15) is 0 Å². The van der Waals surface area contributed by atoms with Crippen LogP contribution in [0.5, 0.6) is 0 Å². The van der Waals surface area contributed by atoms with E-state index < -0.39 is 4.92 Å². The molecule has 1 amide bonds. The van der Waals surface area contributed by atoms with Gasteiger partial charge in [0, 0.05) is 5.92 Å². The van der Waals surface area contributed by atoms with E-state index in [-0.39, 0.29) is 17.6 Å². The van der Waals surface area contributed by atoms with E-state index >= 15 is 0 Å². The van der Waals surface area contributed by atoms with Gasteiger partial charge in [-0.05, 0) is 22.1 Å². The third kappa shape index (κ3) is 1.80. The summed E-state index contributed by atoms with van der Waals surface area (Å²) in [7, 11) is 0. The van der Waals surface area contributed by atoms with Gasteiger partial charge in [0.25, 0.3) is 5.91 Å². The largest absolute Gasteiger partial charge is 0.369 e. The Kier molecular flexibility index (Phi) is 2.14. The van der Waals surface area contributed by atoms with Gasteiger partial charge in [0.05, 0.1) is 12.3 Å². The van der Waals surface area contributed by atoms with E-state index in [1.807, 2.05) is 6.92 Å². The topological polar surface area (TPSA) is 90.1 Å². The molecule has 1 heterocycles. The average molecular weight is 210 g/mol. The number of nitrogens with zero attached hydrogens (tertiary/aromatic N) is 3. The zero-order valence-corrected chi connectivity index (χ0v) is 8.08. The first kappa shape index (κ1) is 9.63. The predicted molar refractivity (Wildman–Crippen MR) is 50.5 cm³/mol. The first-order valence-corrected chi connectivity index (χ1v) is 4.59. The molecule has 7 nitrogen and oxygen atoms in total. The maximum Gasteiger partial charge on any atom is 0.369 e. The van der Waals surface area contributed by atoms with Crippen LogP contribution in [0.25, 0.3) is 0 Å². The molecule has 1 aliphatic rings. The molecule has 0 aliphatic heterocycles. The van der Waals surface area contributed by atoms with E-state index in [9.17, 15) is 14.9 Å². The molecule has 2 rings (SSSR count). The number of nitrogens with one attached hydrogen (secondary N) is 1. The number of aromatic nitrogens is 2. The van der Waals surface area contributed by atoms with Gasteiger partial charge < -0.3 is 10.1 Å². The number of nitro groups is 1. The van der Waals surface area contributed by atoms with Crippen LogP contribution in [-0.4, -0.2) is 20.7 Å². The smallest absolute Gasteiger partial charge is 0.358 e. The highest BCUT2D eigenvalue weighted by Gasteiger charge is 2.40. The number of carbonyl (C=O) groups is 1. The molecule has 1 N–H and O–H groups in total. The number of amides is 1. The van der Waals surface area contributed by atoms with Crippen LogP contribution in [0.4, 0.5) is 5.82 Å². The summed E-state index contributed by atoms with van der Waals surface area (Å²) in [6.07, 6.45) is 2.11. The second-order valence-electron chi connectivity index (χ2n) is 3.65. The number of rotatable bonds is 3. The van der Waals surface area contributed by atoms with Crippen molar-refractivity contribution in [3.63, 3.8) is 0 Å². The van der Waals surface area contributed by atoms with Crippen LogP contribution in [0.3, 0.4) is 0 Å². The van der Waals surface area contributed by atoms with Crippen molar-refractivity contribution in [1.29, 1.82) is 0 Å². The van der Waals surface area contributed by atoms with Gasteiger partial charge in [-0.2, -0.15) is 5.43 Å². The highest BCUT2D eigenvalue weighted by Crippen LogP contribution is 2.37. The molecule has 0 radical (unpaired) electrons. The van der Waals surface area contributed by atoms with Crippen LogP contribution in [0, 0.1) is 22.0 Å². The average Bonchev–Trinajstić information content (AvgIpc) is 2.73. The zero-order chi connectivity index (χ0) is 11.0. The monoisotopic (exact) mass is 210 g/mol. The molecule has 2 atom stereocenters. The summed E-state index contributed by atoms with van der Waals surface area (Å²) in [5, 5.41) is 14.2. The second kappa shape index (κ2) is 3.34. The van der Waals surface area contributed by atoms with Crippen molar-refractivity contribution in [2.45, 2.75) is 13.3 Å². The molecule has 1 aliphatic carbocycles. The Morgan fingerprint density at radius 2 is 2.47 bits per heavy atom. The molecule has 1 saturated carbocycles. The van der Waals surface area contributed by atoms with Gasteiger partial charge in [0.15, 0.2) is 0 Å². The summed E-state index contributed by atoms with van der Waals surface area (Å²) in [6, 6.07) is 1.23. The third-order valence-electron chi connectivity index (χ3n) is 2.47. The highest BCUT2D eigenvalue weighted by atomic mass is 16.6. The number of hydrogen-bond donors (Lipinski definition) is 1. The SMILES string of the molecule is CC1CC1C(=O)Nn1nccc1[N+](=O)[O-]. The fraction of sp³-hybridized carbons (Fsp3) is 0.500. The van der Waals surface area contributed by atoms with E-state index in [4.69, 9.17) is 0 Å². The molecular formula is C8H10N4O3. The predicted octanol–water partition coefficient (Wildman–Crippen LogP) is 0.517. The van der Waals surface area contributed by atoms with E-state index in [0.29, 0.717) is 5.92 Å². The molecular weight excluding hydrogens is 200 g/mol. The quantitative estimate of drug-likeness (QED) is 0.581. The fourth-order valence-electron chi connectivity index (χ4n) is 1.40. The molecule has 0 saturated heterocycles. The van der Waals surface area contributed by atoms with Crippen molar-refractivity contribution >= 4 is 11.7 Å². The highest BCUT2D eigenvalue weighted by molar-refractivity contribution is 5.88. The molecule has 15 heavy (non-hydrogen) atoms. The minimum atomic E-state index is -0.594. The minimum Gasteiger partial charge on any atom is -0.358 e. The maximum absolute atomic E-state index is 11.5. The molecule has 80 valence electrons. The first-order valence-electron chi connectivity index (χ1n) is 4.59. The van der Waals surface area contributed by atoms with Gasteiger partial charge >= 0.3 is 5.82 Å². The fourth-order valence-corrected chi connectivity index (χ4v) is 1.40. The van der Waals surface area contributed by atoms with Crippen LogP contribution in [0.2, 0.25) is 0 Å². The summed E-state index contributed by atoms with van der Waals surface area (Å²) in [5.74, 6) is -0.126. The molecule has 7 heteroatoms. The minimum absolute atomic E-state index is 0.0335. The Morgan fingerprint density at radius 3 is 3.00 bits per heavy atom. The van der Waals surface area contributed by atoms with E-state index in [1.165, 1.54) is 12.3 Å². The van der Waals surface area contributed by atoms with Crippen molar-refractivity contribution in [2.24, 2.45) is 11.8 Å². The second-order valence-corrected chi connectivity index (χ2v) is 3.65. The van der Waals surface area contributed by atoms with Crippen molar-refractivity contribution in [1.82, 2.24) is 9.89 Å². The van der Waals surface area contributed by atoms with Crippen LogP contribution in [0.1, 0.15) is 13.3 Å². The summed E-state index contributed by atoms with van der Waals surface area (Å²) in [6.45, 7) is 1.96. The van der Waals surface area contributed by atoms with E-state index in [0.717, 1.165) is 11.2 Å². The molecule has 1 fully saturated rings. The van der Waals surface area contributed by atoms with E-state index in [2.05, 4.69) is 10.5 Å². The Hall–Kier alpha value is -1.92. The standard InChI is InChI=1S/C8H10N4O3/c1-5-4-6(5)8(13)10-11-7(12(14)15)2-3-9-11/h2-3,5-6H,4H2,1H3,(H,10,13). The number of hydrogen-bond acceptors (Lipinski definition) is 4. The molecule has 0 bridgehead atoms. The van der Waals surface area contributed by atoms with Gasteiger partial charge in [0.2, 0.25) is 0 Å². The Bertz CT molecular complexity index is 414. The van der Waals surface area contributed by atoms with Crippen molar-refractivity contribution in [2.75, 3.05) is 5.43 Å². The Morgan fingerprint density at radius 1 is 1.80 bits per heavy atom. The lowest BCUT2D eigenvalue weighted by molar-refractivity contribution is -0.392. The summed E-state index contributed by atoms with van der Waals surface area (Å²) < 4.78 is 0. The van der Waals surface area contributed by atoms with Crippen molar-refractivity contribution < 1.29 is 9.72 Å². The van der Waals surface area contributed by atoms with Gasteiger partial charge in [-0.1, -0.05) is 12.0 Å². The lowest BCUT2D eigenvalue weighted by Gasteiger charge is -2.00. The van der Waals surface area contributed by atoms with Crippen LogP contribution < -0.4 is 5.43 Å². The lowest BCUT2D eigenvalue weighted by atomic mass is 10.3. The molecule has 0 spiro atoms. The molecule has 1 aromatic rings. The lowest BCUT2D eigenvalue weighted by Crippen LogP contribution is -2.26. The first-order chi connectivity index (χ1) is 7.09. The number of carbonyl (C=O) groups excluding carboxylic acids is 1. The van der Waals surface area contributed by atoms with Crippen LogP contribution in [0.15, 0.2) is 12.3 Å². The molecule has 2 unspecified atom stereocenters. The zero-order valence-electron chi connectivity index (χ0n) is 8.08. The normalized spacial score (nSPS) is 23.5. The third-order valence-corrected chi connectivity index (χ3v) is 2.47. The van der Waals surface area contributed by atoms with Gasteiger partial charge in [-0.3, -0.25) is 4.79 Å². The molecule has 0 aromatic carbocycles. The summed E-state index contributed by atoms with van der Waals surface area (Å²) >= 11 is 0.